The van der Waals surface area contributed by atoms with Crippen LogP contribution in [0.15, 0.2) is 171 Å². The number of fused-ring (bicyclic) bond motifs is 17. The first-order chi connectivity index (χ1) is 35.6. The first kappa shape index (κ1) is 46.7. The van der Waals surface area contributed by atoms with Crippen molar-refractivity contribution in [3.63, 3.8) is 0 Å². The van der Waals surface area contributed by atoms with Crippen molar-refractivity contribution in [1.29, 1.82) is 0 Å². The molecule has 0 radical (unpaired) electrons. The maximum absolute atomic E-state index is 12.3. The third kappa shape index (κ3) is 8.83. The molecule has 0 saturated heterocycles. The molecule has 2 aliphatic rings. The maximum atomic E-state index is 12.3. The molecule has 0 unspecified atom stereocenters. The smallest absolute Gasteiger partial charge is 0.337 e. The summed E-state index contributed by atoms with van der Waals surface area (Å²) < 4.78 is 14.8. The number of carbonyl (C=O) groups excluding carboxylic acids is 3. The van der Waals surface area contributed by atoms with Crippen molar-refractivity contribution in [2.24, 2.45) is 0 Å². The molecule has 11 rings (SSSR count). The molecule has 5 heterocycles. The quantitative estimate of drug-likeness (QED) is 0.0707. The Hall–Kier alpha value is -8.64. The molecule has 9 aromatic rings. The molecule has 0 aliphatic carbocycles. The van der Waals surface area contributed by atoms with E-state index in [1.54, 1.807) is 42.5 Å². The van der Waals surface area contributed by atoms with E-state index in [0.717, 1.165) is 57.5 Å². The maximum Gasteiger partial charge on any atom is 0.337 e. The number of nitrogens with one attached hydrogen (secondary N) is 2. The van der Waals surface area contributed by atoms with Gasteiger partial charge in [0, 0.05) is 73.5 Å². The van der Waals surface area contributed by atoms with Gasteiger partial charge in [0.25, 0.3) is 0 Å². The number of ether oxygens (including phenoxy) is 3. The number of hydrogen-bond acceptors (Lipinski definition) is 15. The fourth-order valence-electron chi connectivity index (χ4n) is 8.49. The summed E-state index contributed by atoms with van der Waals surface area (Å²) in [5.41, 5.74) is 7.37. The third-order valence-electron chi connectivity index (χ3n) is 12.0. The third-order valence-corrected chi connectivity index (χ3v) is 15.0. The Labute approximate surface area is 429 Å². The van der Waals surface area contributed by atoms with E-state index in [9.17, 15) is 14.4 Å². The molecule has 6 aromatic carbocycles. The predicted octanol–water partition coefficient (Wildman–Crippen LogP) is 12.8. The van der Waals surface area contributed by atoms with Crippen LogP contribution in [-0.4, -0.2) is 79.1 Å². The predicted molar refractivity (Wildman–Crippen MR) is 285 cm³/mol. The molecular formula is C56H38N8O6S3. The molecule has 3 aromatic heterocycles. The molecule has 0 saturated carbocycles. The summed E-state index contributed by atoms with van der Waals surface area (Å²) in [6, 6.07) is 41.2. The second-order valence-electron chi connectivity index (χ2n) is 16.3. The number of rotatable bonds is 11. The van der Waals surface area contributed by atoms with Gasteiger partial charge in [-0.15, -0.1) is 0 Å². The Kier molecular flexibility index (Phi) is 12.5. The van der Waals surface area contributed by atoms with Crippen molar-refractivity contribution in [2.45, 2.75) is 24.5 Å². The molecule has 14 nitrogen and oxygen atoms in total. The van der Waals surface area contributed by atoms with E-state index in [4.69, 9.17) is 44.1 Å². The number of carbonyl (C=O) groups is 3. The Morgan fingerprint density at radius 1 is 0.479 bits per heavy atom. The minimum Gasteiger partial charge on any atom is -0.465 e. The van der Waals surface area contributed by atoms with Gasteiger partial charge < -0.3 is 24.2 Å². The Balaban J connectivity index is 1.16. The summed E-state index contributed by atoms with van der Waals surface area (Å²) >= 11 is 4.39. The van der Waals surface area contributed by atoms with E-state index in [1.165, 1.54) is 56.6 Å². The van der Waals surface area contributed by atoms with Gasteiger partial charge in [-0.05, 0) is 84.9 Å². The number of hydrogen-bond donors (Lipinski definition) is 2. The van der Waals surface area contributed by atoms with Gasteiger partial charge in [-0.1, -0.05) is 103 Å². The van der Waals surface area contributed by atoms with Crippen molar-refractivity contribution in [2.75, 3.05) is 21.3 Å². The second-order valence-corrected chi connectivity index (χ2v) is 19.7. The molecule has 2 aliphatic heterocycles. The highest BCUT2D eigenvalue weighted by Gasteiger charge is 2.27. The molecule has 0 spiro atoms. The van der Waals surface area contributed by atoms with E-state index in [0.29, 0.717) is 78.6 Å². The standard InChI is InChI=1S/C56H38N8O6S3/c1-6-36-43(29(2)71-33-23-17-30(18-24-33)54(65)68-3)51-59-46(36)60-52-44-39(13-9-15-41(44)72-34-25-19-31(20-26-34)55(66)69-4)49(63-52)58-47-37-11-7-8-12-38(37)48(57-47)61-53-45-40(50(62-51)64-53)14-10-16-42(45)73-35-27-21-32(22-28-35)56(67)70-5/h6-28H,1-2H2,3-5H3,(H2,57,58,59,60,61,62,63,64). The van der Waals surface area contributed by atoms with Crippen LogP contribution in [0.1, 0.15) is 42.2 Å². The highest BCUT2D eigenvalue weighted by atomic mass is 32.2. The van der Waals surface area contributed by atoms with Gasteiger partial charge in [-0.2, -0.15) is 0 Å². The molecule has 0 fully saturated rings. The second kappa shape index (κ2) is 19.5. The van der Waals surface area contributed by atoms with Crippen LogP contribution in [0.2, 0.25) is 0 Å². The van der Waals surface area contributed by atoms with Crippen LogP contribution in [0.5, 0.6) is 0 Å². The lowest BCUT2D eigenvalue weighted by atomic mass is 10.1. The first-order valence-electron chi connectivity index (χ1n) is 22.4. The van der Waals surface area contributed by atoms with Crippen LogP contribution < -0.4 is 0 Å². The number of aromatic amines is 2. The van der Waals surface area contributed by atoms with Crippen LogP contribution in [0.4, 0.5) is 0 Å². The first-order valence-corrected chi connectivity index (χ1v) is 24.9. The van der Waals surface area contributed by atoms with Crippen LogP contribution in [0.3, 0.4) is 0 Å². The largest absolute Gasteiger partial charge is 0.465 e. The van der Waals surface area contributed by atoms with Gasteiger partial charge in [-0.3, -0.25) is 0 Å². The van der Waals surface area contributed by atoms with Gasteiger partial charge in [0.15, 0.2) is 23.3 Å². The topological polar surface area (TPSA) is 188 Å². The lowest BCUT2D eigenvalue weighted by Crippen LogP contribution is -2.00. The van der Waals surface area contributed by atoms with Crippen molar-refractivity contribution in [1.82, 2.24) is 39.9 Å². The Morgan fingerprint density at radius 2 is 0.890 bits per heavy atom. The van der Waals surface area contributed by atoms with Crippen molar-refractivity contribution >= 4 is 97.5 Å². The highest BCUT2D eigenvalue weighted by Crippen LogP contribution is 2.46. The van der Waals surface area contributed by atoms with Crippen LogP contribution in [0, 0.1) is 0 Å². The average molecular weight is 1020 g/mol. The number of esters is 3. The summed E-state index contributed by atoms with van der Waals surface area (Å²) in [7, 11) is 4.06. The van der Waals surface area contributed by atoms with Crippen LogP contribution in [0.25, 0.3) is 89.9 Å². The summed E-state index contributed by atoms with van der Waals surface area (Å²) in [6.45, 7) is 8.83. The monoisotopic (exact) mass is 1010 g/mol. The minimum atomic E-state index is -0.441. The number of nitrogens with zero attached hydrogens (tertiary/aromatic N) is 6. The zero-order valence-electron chi connectivity index (χ0n) is 39.1. The Morgan fingerprint density at radius 3 is 1.34 bits per heavy atom. The van der Waals surface area contributed by atoms with Crippen molar-refractivity contribution in [3.05, 3.63) is 174 Å². The molecule has 0 amide bonds. The molecule has 73 heavy (non-hydrogen) atoms. The van der Waals surface area contributed by atoms with Crippen LogP contribution >= 0.6 is 35.3 Å². The lowest BCUT2D eigenvalue weighted by molar-refractivity contribution is 0.0592. The molecule has 8 bridgehead atoms. The van der Waals surface area contributed by atoms with E-state index in [-0.39, 0.29) is 0 Å². The summed E-state index contributed by atoms with van der Waals surface area (Å²) in [6.07, 6.45) is 1.71. The van der Waals surface area contributed by atoms with Crippen molar-refractivity contribution in [3.8, 4) is 45.6 Å². The van der Waals surface area contributed by atoms with Gasteiger partial charge >= 0.3 is 17.9 Å². The van der Waals surface area contributed by atoms with Gasteiger partial charge in [0.1, 0.15) is 22.6 Å². The SMILES string of the molecule is C=Cc1c(C(=C)Sc2ccc(C(=O)OC)cc2)c2nc3nc(nc4[nH]c(nc5nc(nc1[nH]2)-c1c(Sc2ccc(C(=O)OC)cc2)cccc1-5)c1ccccc41)-c1c(Sc2ccc(C(=O)OC)cc2)cccc1-3. The normalized spacial score (nSPS) is 11.4. The number of benzene rings is 6. The van der Waals surface area contributed by atoms with E-state index < -0.39 is 17.9 Å². The molecule has 0 atom stereocenters. The Bertz CT molecular complexity index is 3950. The van der Waals surface area contributed by atoms with E-state index in [2.05, 4.69) is 23.1 Å². The van der Waals surface area contributed by atoms with Crippen LogP contribution in [-0.2, 0) is 14.2 Å². The van der Waals surface area contributed by atoms with Crippen molar-refractivity contribution < 1.29 is 28.6 Å². The minimum absolute atomic E-state index is 0.381. The summed E-state index contributed by atoms with van der Waals surface area (Å²) in [5.74, 6) is 0.315. The van der Waals surface area contributed by atoms with Gasteiger partial charge in [-0.25, -0.2) is 44.3 Å². The van der Waals surface area contributed by atoms with Gasteiger partial charge in [0.05, 0.1) is 38.0 Å². The molecule has 2 N–H and O–H groups in total. The number of aromatic nitrogens is 8. The lowest BCUT2D eigenvalue weighted by Gasteiger charge is -2.08. The number of methoxy groups -OCH3 is 3. The van der Waals surface area contributed by atoms with Gasteiger partial charge in [0.2, 0.25) is 0 Å². The highest BCUT2D eigenvalue weighted by molar-refractivity contribution is 8.08. The number of H-pyrrole nitrogens is 2. The summed E-state index contributed by atoms with van der Waals surface area (Å²) in [4.78, 5) is 80.3. The zero-order valence-corrected chi connectivity index (χ0v) is 41.5. The van der Waals surface area contributed by atoms with E-state index in [1.807, 2.05) is 97.1 Å². The zero-order chi connectivity index (χ0) is 50.3. The fraction of sp³-hybridized carbons (Fsp3) is 0.0536. The van der Waals surface area contributed by atoms with E-state index >= 15 is 0 Å². The number of thioether (sulfide) groups is 1. The average Bonchev–Trinajstić information content (AvgIpc) is 4.17. The summed E-state index contributed by atoms with van der Waals surface area (Å²) in [5, 5.41) is 1.64. The molecule has 17 heteroatoms. The molecular weight excluding hydrogens is 977 g/mol. The fourth-order valence-corrected chi connectivity index (χ4v) is 11.3. The molecule has 356 valence electrons.